The zero-order valence-corrected chi connectivity index (χ0v) is 15.0. The summed E-state index contributed by atoms with van der Waals surface area (Å²) in [6, 6.07) is 13.9. The minimum Gasteiger partial charge on any atom is -0.283 e. The molecule has 0 spiro atoms. The lowest BCUT2D eigenvalue weighted by Gasteiger charge is -2.24. The Bertz CT molecular complexity index is 988. The van der Waals surface area contributed by atoms with Crippen LogP contribution in [0.4, 0.5) is 0 Å². The maximum Gasteiger partial charge on any atom is 0.283 e. The molecule has 0 saturated carbocycles. The van der Waals surface area contributed by atoms with Crippen molar-refractivity contribution in [2.45, 2.75) is 6.92 Å². The van der Waals surface area contributed by atoms with E-state index in [1.54, 1.807) is 11.0 Å². The van der Waals surface area contributed by atoms with Crippen LogP contribution in [0.2, 0.25) is 0 Å². The third kappa shape index (κ3) is 2.79. The summed E-state index contributed by atoms with van der Waals surface area (Å²) in [4.78, 5) is 18.2. The lowest BCUT2D eigenvalue weighted by atomic mass is 10.0. The van der Waals surface area contributed by atoms with Crippen LogP contribution in [0.1, 0.15) is 12.5 Å². The standard InChI is InChI=1S/C18H14N4OS2/c1-2-24-18-21-25-17-20-16(23)14(15(19)22(17)18)10-12-8-5-7-11-6-3-4-9-13(11)12/h3-10,19H,2H2,1H3/b14-10-,19-15?. The molecule has 2 aliphatic heterocycles. The number of carbonyl (C=O) groups excluding carboxylic acids is 1. The number of nitrogens with zero attached hydrogens (tertiary/aromatic N) is 3. The van der Waals surface area contributed by atoms with Gasteiger partial charge in [0.25, 0.3) is 5.91 Å². The molecule has 124 valence electrons. The molecule has 1 N–H and O–H groups in total. The summed E-state index contributed by atoms with van der Waals surface area (Å²) in [5.41, 5.74) is 1.19. The van der Waals surface area contributed by atoms with Gasteiger partial charge in [-0.3, -0.25) is 10.2 Å². The van der Waals surface area contributed by atoms with Crippen molar-refractivity contribution in [1.29, 1.82) is 5.41 Å². The highest BCUT2D eigenvalue weighted by atomic mass is 32.2. The first-order chi connectivity index (χ1) is 12.2. The fourth-order valence-corrected chi connectivity index (χ4v) is 4.33. The molecule has 5 nitrogen and oxygen atoms in total. The molecule has 0 saturated heterocycles. The van der Waals surface area contributed by atoms with E-state index in [-0.39, 0.29) is 11.4 Å². The molecule has 0 bridgehead atoms. The molecule has 0 aliphatic carbocycles. The SMILES string of the molecule is CCSC1=NSC2=NC(=O)/C(=C\c3cccc4ccccc34)C(=N)N12. The fraction of sp³-hybridized carbons (Fsp3) is 0.111. The van der Waals surface area contributed by atoms with Crippen LogP contribution in [0.5, 0.6) is 0 Å². The van der Waals surface area contributed by atoms with Gasteiger partial charge in [0.05, 0.1) is 17.5 Å². The second-order valence-corrected chi connectivity index (χ2v) is 7.37. The van der Waals surface area contributed by atoms with E-state index in [4.69, 9.17) is 5.41 Å². The van der Waals surface area contributed by atoms with E-state index in [0.717, 1.165) is 34.0 Å². The van der Waals surface area contributed by atoms with Gasteiger partial charge in [0.2, 0.25) is 5.17 Å². The number of carbonyl (C=O) groups is 1. The Morgan fingerprint density at radius 2 is 2.04 bits per heavy atom. The fourth-order valence-electron chi connectivity index (χ4n) is 2.76. The Morgan fingerprint density at radius 3 is 2.88 bits per heavy atom. The van der Waals surface area contributed by atoms with Crippen molar-refractivity contribution >= 4 is 62.6 Å². The zero-order chi connectivity index (χ0) is 17.4. The van der Waals surface area contributed by atoms with Crippen molar-refractivity contribution in [2.75, 3.05) is 5.75 Å². The predicted molar refractivity (Wildman–Crippen MR) is 107 cm³/mol. The van der Waals surface area contributed by atoms with E-state index in [2.05, 4.69) is 9.39 Å². The minimum atomic E-state index is -0.394. The summed E-state index contributed by atoms with van der Waals surface area (Å²) >= 11 is 2.68. The monoisotopic (exact) mass is 366 g/mol. The zero-order valence-electron chi connectivity index (χ0n) is 13.4. The van der Waals surface area contributed by atoms with E-state index < -0.39 is 5.91 Å². The van der Waals surface area contributed by atoms with Crippen LogP contribution >= 0.6 is 23.7 Å². The number of amidine groups is 3. The van der Waals surface area contributed by atoms with E-state index in [0.29, 0.717) is 10.3 Å². The van der Waals surface area contributed by atoms with Gasteiger partial charge < -0.3 is 0 Å². The average Bonchev–Trinajstić information content (AvgIpc) is 3.01. The van der Waals surface area contributed by atoms with E-state index in [1.807, 2.05) is 49.4 Å². The van der Waals surface area contributed by atoms with Crippen LogP contribution in [-0.2, 0) is 4.79 Å². The first-order valence-corrected chi connectivity index (χ1v) is 9.54. The van der Waals surface area contributed by atoms with E-state index in [9.17, 15) is 4.79 Å². The van der Waals surface area contributed by atoms with Gasteiger partial charge in [0, 0.05) is 0 Å². The number of amides is 1. The van der Waals surface area contributed by atoms with Crippen molar-refractivity contribution in [3.05, 3.63) is 53.6 Å². The first-order valence-electron chi connectivity index (χ1n) is 7.78. The number of thioether (sulfide) groups is 1. The lowest BCUT2D eigenvalue weighted by molar-refractivity contribution is -0.114. The summed E-state index contributed by atoms with van der Waals surface area (Å²) < 4.78 is 4.32. The molecule has 0 fully saturated rings. The number of hydrogen-bond donors (Lipinski definition) is 1. The number of nitrogens with one attached hydrogen (secondary N) is 1. The summed E-state index contributed by atoms with van der Waals surface area (Å²) in [7, 11) is 0. The highest BCUT2D eigenvalue weighted by Gasteiger charge is 2.37. The molecule has 2 aromatic carbocycles. The van der Waals surface area contributed by atoms with Crippen molar-refractivity contribution in [3.63, 3.8) is 0 Å². The van der Waals surface area contributed by atoms with Gasteiger partial charge >= 0.3 is 0 Å². The van der Waals surface area contributed by atoms with Crippen LogP contribution in [0, 0.1) is 5.41 Å². The molecule has 7 heteroatoms. The molecule has 0 radical (unpaired) electrons. The number of aliphatic imine (C=N–C) groups is 1. The molecule has 25 heavy (non-hydrogen) atoms. The van der Waals surface area contributed by atoms with Gasteiger partial charge in [-0.2, -0.15) is 9.39 Å². The van der Waals surface area contributed by atoms with Gasteiger partial charge in [-0.25, -0.2) is 4.90 Å². The molecule has 2 aromatic rings. The van der Waals surface area contributed by atoms with Crippen LogP contribution in [0.15, 0.2) is 57.4 Å². The predicted octanol–water partition coefficient (Wildman–Crippen LogP) is 4.17. The highest BCUT2D eigenvalue weighted by molar-refractivity contribution is 8.19. The molecule has 1 amide bonds. The molecule has 4 rings (SSSR count). The quantitative estimate of drug-likeness (QED) is 0.640. The topological polar surface area (TPSA) is 68.9 Å². The third-order valence-corrected chi connectivity index (χ3v) is 5.53. The van der Waals surface area contributed by atoms with Crippen LogP contribution in [0.25, 0.3) is 16.8 Å². The molecule has 2 aliphatic rings. The highest BCUT2D eigenvalue weighted by Crippen LogP contribution is 2.32. The normalized spacial score (nSPS) is 18.6. The number of hydrogen-bond acceptors (Lipinski definition) is 5. The van der Waals surface area contributed by atoms with Gasteiger partial charge in [0.15, 0.2) is 5.17 Å². The molecule has 2 heterocycles. The Morgan fingerprint density at radius 1 is 1.24 bits per heavy atom. The largest absolute Gasteiger partial charge is 0.283 e. The van der Waals surface area contributed by atoms with Gasteiger partial charge in [0.1, 0.15) is 5.84 Å². The van der Waals surface area contributed by atoms with Crippen LogP contribution < -0.4 is 0 Å². The Kier molecular flexibility index (Phi) is 4.19. The smallest absolute Gasteiger partial charge is 0.283 e. The Hall–Kier alpha value is -2.38. The molecule has 0 atom stereocenters. The lowest BCUT2D eigenvalue weighted by Crippen LogP contribution is -2.41. The van der Waals surface area contributed by atoms with Crippen molar-refractivity contribution in [3.8, 4) is 0 Å². The second-order valence-electron chi connectivity index (χ2n) is 5.41. The Labute approximate surface area is 153 Å². The molecule has 0 unspecified atom stereocenters. The minimum absolute atomic E-state index is 0.132. The maximum absolute atomic E-state index is 12.5. The molecule has 0 aromatic heterocycles. The number of rotatable bonds is 2. The first kappa shape index (κ1) is 16.1. The van der Waals surface area contributed by atoms with Crippen molar-refractivity contribution in [1.82, 2.24) is 4.90 Å². The van der Waals surface area contributed by atoms with Crippen molar-refractivity contribution < 1.29 is 4.79 Å². The van der Waals surface area contributed by atoms with Gasteiger partial charge in [-0.05, 0) is 28.2 Å². The van der Waals surface area contributed by atoms with Crippen molar-refractivity contribution in [2.24, 2.45) is 9.39 Å². The molecular formula is C18H14N4OS2. The average molecular weight is 366 g/mol. The summed E-state index contributed by atoms with van der Waals surface area (Å²) in [6.45, 7) is 2.03. The summed E-state index contributed by atoms with van der Waals surface area (Å²) in [6.07, 6.45) is 1.75. The summed E-state index contributed by atoms with van der Waals surface area (Å²) in [5, 5.41) is 11.8. The number of fused-ring (bicyclic) bond motifs is 2. The van der Waals surface area contributed by atoms with E-state index >= 15 is 0 Å². The second kappa shape index (κ2) is 6.50. The van der Waals surface area contributed by atoms with E-state index in [1.165, 1.54) is 11.8 Å². The van der Waals surface area contributed by atoms with Crippen LogP contribution in [0.3, 0.4) is 0 Å². The van der Waals surface area contributed by atoms with Gasteiger partial charge in [-0.15, -0.1) is 0 Å². The van der Waals surface area contributed by atoms with Crippen LogP contribution in [-0.4, -0.2) is 32.7 Å². The molecular weight excluding hydrogens is 352 g/mol. The summed E-state index contributed by atoms with van der Waals surface area (Å²) in [5.74, 6) is 0.578. The number of benzene rings is 2. The maximum atomic E-state index is 12.5. The van der Waals surface area contributed by atoms with Gasteiger partial charge in [-0.1, -0.05) is 61.2 Å². The Balaban J connectivity index is 1.80. The third-order valence-electron chi connectivity index (χ3n) is 3.89.